The minimum atomic E-state index is -0.0263. The molecular weight excluding hydrogens is 396 g/mol. The number of thioether (sulfide) groups is 1. The topological polar surface area (TPSA) is 71.5 Å². The van der Waals surface area contributed by atoms with E-state index in [1.165, 1.54) is 4.88 Å². The van der Waals surface area contributed by atoms with E-state index in [1.807, 2.05) is 11.4 Å². The lowest BCUT2D eigenvalue weighted by Gasteiger charge is -2.08. The fourth-order valence-electron chi connectivity index (χ4n) is 3.05. The maximum atomic E-state index is 12.8. The highest BCUT2D eigenvalue weighted by Crippen LogP contribution is 2.32. The Morgan fingerprint density at radius 3 is 2.96 bits per heavy atom. The van der Waals surface area contributed by atoms with Crippen LogP contribution in [0.1, 0.15) is 36.5 Å². The normalized spacial score (nSPS) is 12.9. The molecule has 1 N–H and O–H groups in total. The van der Waals surface area contributed by atoms with Gasteiger partial charge in [0.15, 0.2) is 0 Å². The highest BCUT2D eigenvalue weighted by atomic mass is 32.2. The molecule has 0 aliphatic heterocycles. The Morgan fingerprint density at radius 2 is 2.15 bits per heavy atom. The smallest absolute Gasteiger partial charge is 0.259 e. The Bertz CT molecular complexity index is 1160. The van der Waals surface area contributed by atoms with Gasteiger partial charge in [-0.25, -0.2) is 15.0 Å². The second kappa shape index (κ2) is 7.69. The second-order valence-electron chi connectivity index (χ2n) is 6.65. The molecular formula is C19H20N4OS3. The van der Waals surface area contributed by atoms with Crippen LogP contribution in [-0.4, -0.2) is 19.9 Å². The zero-order chi connectivity index (χ0) is 19.0. The lowest BCUT2D eigenvalue weighted by molar-refractivity contribution is 0.561. The van der Waals surface area contributed by atoms with Crippen molar-refractivity contribution in [3.05, 3.63) is 44.4 Å². The molecule has 140 valence electrons. The molecule has 4 rings (SSSR count). The van der Waals surface area contributed by atoms with Gasteiger partial charge in [0.25, 0.3) is 5.56 Å². The minimum Gasteiger partial charge on any atom is -0.309 e. The third-order valence-electron chi connectivity index (χ3n) is 4.73. The van der Waals surface area contributed by atoms with Gasteiger partial charge < -0.3 is 4.98 Å². The van der Waals surface area contributed by atoms with Crippen molar-refractivity contribution >= 4 is 54.9 Å². The standard InChI is InChI=1S/C19H20N4OS3/c1-4-10(2)7-13-11(3)27-19-15(13)16(24)22-14(23-19)8-26-18-12-5-6-25-17(12)20-9-21-18/h5-6,9-10H,4,7-8H2,1-3H3,(H,22,23,24)/t10-/m1/s1. The van der Waals surface area contributed by atoms with Gasteiger partial charge in [-0.15, -0.1) is 22.7 Å². The SMILES string of the molecule is CC[C@@H](C)Cc1c(C)sc2nc(CSc3ncnc4sccc34)[nH]c(=O)c12. The van der Waals surface area contributed by atoms with E-state index in [0.29, 0.717) is 17.5 Å². The van der Waals surface area contributed by atoms with Gasteiger partial charge in [0.1, 0.15) is 26.8 Å². The van der Waals surface area contributed by atoms with Crippen molar-refractivity contribution in [1.82, 2.24) is 19.9 Å². The van der Waals surface area contributed by atoms with E-state index >= 15 is 0 Å². The molecule has 27 heavy (non-hydrogen) atoms. The van der Waals surface area contributed by atoms with E-state index in [-0.39, 0.29) is 5.56 Å². The van der Waals surface area contributed by atoms with Crippen molar-refractivity contribution < 1.29 is 0 Å². The van der Waals surface area contributed by atoms with Crippen molar-refractivity contribution in [2.45, 2.75) is 44.4 Å². The van der Waals surface area contributed by atoms with Crippen LogP contribution >= 0.6 is 34.4 Å². The van der Waals surface area contributed by atoms with Gasteiger partial charge in [-0.2, -0.15) is 0 Å². The Kier molecular flexibility index (Phi) is 5.29. The largest absolute Gasteiger partial charge is 0.309 e. The summed E-state index contributed by atoms with van der Waals surface area (Å²) in [7, 11) is 0. The van der Waals surface area contributed by atoms with Crippen LogP contribution in [0.2, 0.25) is 0 Å². The lowest BCUT2D eigenvalue weighted by atomic mass is 9.98. The van der Waals surface area contributed by atoms with Gasteiger partial charge in [-0.3, -0.25) is 4.79 Å². The molecule has 0 spiro atoms. The molecule has 0 aromatic carbocycles. The Hall–Kier alpha value is -1.77. The summed E-state index contributed by atoms with van der Waals surface area (Å²) < 4.78 is 0. The number of thiophene rings is 2. The van der Waals surface area contributed by atoms with Gasteiger partial charge in [-0.1, -0.05) is 32.0 Å². The Balaban J connectivity index is 1.64. The van der Waals surface area contributed by atoms with E-state index < -0.39 is 0 Å². The number of nitrogens with zero attached hydrogens (tertiary/aromatic N) is 3. The fourth-order valence-corrected chi connectivity index (χ4v) is 5.77. The molecule has 0 radical (unpaired) electrons. The highest BCUT2D eigenvalue weighted by Gasteiger charge is 2.17. The van der Waals surface area contributed by atoms with Crippen molar-refractivity contribution in [3.8, 4) is 0 Å². The van der Waals surface area contributed by atoms with E-state index in [2.05, 4.69) is 35.7 Å². The van der Waals surface area contributed by atoms with Gasteiger partial charge >= 0.3 is 0 Å². The molecule has 0 unspecified atom stereocenters. The summed E-state index contributed by atoms with van der Waals surface area (Å²) in [5, 5.41) is 4.76. The van der Waals surface area contributed by atoms with E-state index in [0.717, 1.165) is 43.9 Å². The summed E-state index contributed by atoms with van der Waals surface area (Å²) in [5.41, 5.74) is 1.13. The molecule has 5 nitrogen and oxygen atoms in total. The van der Waals surface area contributed by atoms with Crippen LogP contribution < -0.4 is 5.56 Å². The first-order valence-corrected chi connectivity index (χ1v) is 11.6. The Morgan fingerprint density at radius 1 is 1.30 bits per heavy atom. The molecule has 1 atom stereocenters. The molecule has 0 saturated heterocycles. The summed E-state index contributed by atoms with van der Waals surface area (Å²) in [5.74, 6) is 1.82. The molecule has 0 fully saturated rings. The maximum absolute atomic E-state index is 12.8. The fraction of sp³-hybridized carbons (Fsp3) is 0.368. The summed E-state index contributed by atoms with van der Waals surface area (Å²) in [6.45, 7) is 6.50. The average Bonchev–Trinajstić information content (AvgIpc) is 3.25. The average molecular weight is 417 g/mol. The summed E-state index contributed by atoms with van der Waals surface area (Å²) in [4.78, 5) is 32.2. The maximum Gasteiger partial charge on any atom is 0.259 e. The molecule has 4 aromatic heterocycles. The summed E-state index contributed by atoms with van der Waals surface area (Å²) in [6, 6.07) is 2.03. The van der Waals surface area contributed by atoms with Crippen LogP contribution in [0.5, 0.6) is 0 Å². The van der Waals surface area contributed by atoms with Crippen LogP contribution in [0.25, 0.3) is 20.4 Å². The van der Waals surface area contributed by atoms with Gasteiger partial charge in [0.05, 0.1) is 11.1 Å². The summed E-state index contributed by atoms with van der Waals surface area (Å²) in [6.07, 6.45) is 3.62. The Labute approximate surface area is 169 Å². The van der Waals surface area contributed by atoms with Crippen molar-refractivity contribution in [2.24, 2.45) is 5.92 Å². The predicted octanol–water partition coefficient (Wildman–Crippen LogP) is 5.18. The van der Waals surface area contributed by atoms with Crippen molar-refractivity contribution in [3.63, 3.8) is 0 Å². The molecule has 4 heterocycles. The highest BCUT2D eigenvalue weighted by molar-refractivity contribution is 7.98. The molecule has 0 saturated carbocycles. The van der Waals surface area contributed by atoms with Crippen molar-refractivity contribution in [1.29, 1.82) is 0 Å². The van der Waals surface area contributed by atoms with Gasteiger partial charge in [-0.05, 0) is 36.3 Å². The van der Waals surface area contributed by atoms with Gasteiger partial charge in [0, 0.05) is 10.3 Å². The number of hydrogen-bond donors (Lipinski definition) is 1. The number of aromatic amines is 1. The van der Waals surface area contributed by atoms with E-state index in [1.54, 1.807) is 40.8 Å². The zero-order valence-electron chi connectivity index (χ0n) is 15.4. The second-order valence-corrected chi connectivity index (χ2v) is 9.72. The van der Waals surface area contributed by atoms with Crippen LogP contribution in [0, 0.1) is 12.8 Å². The molecule has 0 aliphatic rings. The van der Waals surface area contributed by atoms with Crippen LogP contribution in [0.15, 0.2) is 27.6 Å². The number of rotatable bonds is 6. The minimum absolute atomic E-state index is 0.0263. The first-order chi connectivity index (χ1) is 13.1. The molecule has 0 amide bonds. The molecule has 8 heteroatoms. The zero-order valence-corrected chi connectivity index (χ0v) is 17.9. The number of fused-ring (bicyclic) bond motifs is 2. The first-order valence-electron chi connectivity index (χ1n) is 8.89. The number of aryl methyl sites for hydroxylation is 1. The number of nitrogens with one attached hydrogen (secondary N) is 1. The van der Waals surface area contributed by atoms with E-state index in [4.69, 9.17) is 4.98 Å². The summed E-state index contributed by atoms with van der Waals surface area (Å²) >= 11 is 4.80. The van der Waals surface area contributed by atoms with Crippen molar-refractivity contribution in [2.75, 3.05) is 0 Å². The predicted molar refractivity (Wildman–Crippen MR) is 115 cm³/mol. The monoisotopic (exact) mass is 416 g/mol. The molecule has 4 aromatic rings. The van der Waals surface area contributed by atoms with Gasteiger partial charge in [0.2, 0.25) is 0 Å². The molecule has 0 bridgehead atoms. The third-order valence-corrected chi connectivity index (χ3v) is 7.61. The quantitative estimate of drug-likeness (QED) is 0.346. The van der Waals surface area contributed by atoms with Crippen LogP contribution in [-0.2, 0) is 12.2 Å². The molecule has 0 aliphatic carbocycles. The number of H-pyrrole nitrogens is 1. The van der Waals surface area contributed by atoms with E-state index in [9.17, 15) is 4.79 Å². The lowest BCUT2D eigenvalue weighted by Crippen LogP contribution is -2.12. The van der Waals surface area contributed by atoms with Crippen LogP contribution in [0.3, 0.4) is 0 Å². The number of hydrogen-bond acceptors (Lipinski definition) is 7. The first kappa shape index (κ1) is 18.6. The number of aromatic nitrogens is 4. The third kappa shape index (κ3) is 3.66. The van der Waals surface area contributed by atoms with Crippen LogP contribution in [0.4, 0.5) is 0 Å².